The summed E-state index contributed by atoms with van der Waals surface area (Å²) in [4.78, 5) is 12.7. The molecule has 2 aliphatic carbocycles. The number of anilines is 1. The van der Waals surface area contributed by atoms with Gasteiger partial charge in [-0.05, 0) is 74.4 Å². The first kappa shape index (κ1) is 19.9. The summed E-state index contributed by atoms with van der Waals surface area (Å²) in [6, 6.07) is 11.8. The molecule has 4 rings (SSSR count). The normalized spacial score (nSPS) is 23.2. The van der Waals surface area contributed by atoms with Crippen LogP contribution in [0.15, 0.2) is 53.4 Å². The molecule has 2 aliphatic rings. The van der Waals surface area contributed by atoms with Crippen molar-refractivity contribution in [2.45, 2.75) is 43.5 Å². The summed E-state index contributed by atoms with van der Waals surface area (Å²) in [7, 11) is -4.02. The summed E-state index contributed by atoms with van der Waals surface area (Å²) in [6.45, 7) is 1.60. The van der Waals surface area contributed by atoms with Crippen molar-refractivity contribution in [2.24, 2.45) is 11.8 Å². The van der Waals surface area contributed by atoms with Crippen LogP contribution >= 0.6 is 0 Å². The molecule has 2 bridgehead atoms. The third-order valence-corrected chi connectivity index (χ3v) is 7.88. The third kappa shape index (κ3) is 4.15. The number of sulfonamides is 1. The number of benzene rings is 2. The van der Waals surface area contributed by atoms with Crippen molar-refractivity contribution in [3.8, 4) is 0 Å². The Morgan fingerprint density at radius 3 is 2.34 bits per heavy atom. The van der Waals surface area contributed by atoms with Gasteiger partial charge in [-0.15, -0.1) is 0 Å². The van der Waals surface area contributed by atoms with Crippen LogP contribution < -0.4 is 9.62 Å². The standard InChI is InChI=1S/C22H25FN2O3S/c1-15-2-8-19(9-3-15)25(29(27,28)20-10-6-18(23)7-11-20)14-22(26)24-21-13-16-4-5-17(21)12-16/h2-3,6-11,16-17,21H,4-5,12-14H2,1H3,(H,24,26)/t16-,17+,21?/m1/s1. The van der Waals surface area contributed by atoms with Crippen molar-refractivity contribution in [3.63, 3.8) is 0 Å². The SMILES string of the molecule is Cc1ccc(N(CC(=O)NC2C[C@@H]3CC[C@H]2C3)S(=O)(=O)c2ccc(F)cc2)cc1. The van der Waals surface area contributed by atoms with E-state index in [2.05, 4.69) is 5.32 Å². The fourth-order valence-corrected chi connectivity index (χ4v) is 5.99. The number of rotatable bonds is 6. The lowest BCUT2D eigenvalue weighted by molar-refractivity contribution is -0.120. The van der Waals surface area contributed by atoms with Gasteiger partial charge < -0.3 is 5.32 Å². The first-order valence-electron chi connectivity index (χ1n) is 9.97. The van der Waals surface area contributed by atoms with Crippen LogP contribution in [0.5, 0.6) is 0 Å². The summed E-state index contributed by atoms with van der Waals surface area (Å²) < 4.78 is 40.9. The van der Waals surface area contributed by atoms with E-state index in [1.165, 1.54) is 18.6 Å². The number of carbonyl (C=O) groups is 1. The molecule has 1 unspecified atom stereocenters. The van der Waals surface area contributed by atoms with E-state index in [0.29, 0.717) is 17.5 Å². The van der Waals surface area contributed by atoms with Gasteiger partial charge >= 0.3 is 0 Å². The number of hydrogen-bond acceptors (Lipinski definition) is 3. The van der Waals surface area contributed by atoms with Crippen LogP contribution in [-0.2, 0) is 14.8 Å². The van der Waals surface area contributed by atoms with Crippen LogP contribution in [0.25, 0.3) is 0 Å². The number of amides is 1. The summed E-state index contributed by atoms with van der Waals surface area (Å²) >= 11 is 0. The molecule has 7 heteroatoms. The Kier molecular flexibility index (Phi) is 5.34. The highest BCUT2D eigenvalue weighted by atomic mass is 32.2. The zero-order valence-corrected chi connectivity index (χ0v) is 17.2. The summed E-state index contributed by atoms with van der Waals surface area (Å²) in [5, 5.41) is 3.05. The Balaban J connectivity index is 1.59. The molecule has 1 amide bonds. The second kappa shape index (κ2) is 7.78. The summed E-state index contributed by atoms with van der Waals surface area (Å²) in [6.07, 6.45) is 4.49. The van der Waals surface area contributed by atoms with Gasteiger partial charge in [0.15, 0.2) is 0 Å². The van der Waals surface area contributed by atoms with Gasteiger partial charge in [0.2, 0.25) is 5.91 Å². The zero-order valence-electron chi connectivity index (χ0n) is 16.3. The van der Waals surface area contributed by atoms with E-state index in [1.54, 1.807) is 24.3 Å². The van der Waals surface area contributed by atoms with E-state index in [0.717, 1.165) is 41.3 Å². The van der Waals surface area contributed by atoms with Gasteiger partial charge in [0, 0.05) is 6.04 Å². The van der Waals surface area contributed by atoms with E-state index in [9.17, 15) is 17.6 Å². The second-order valence-electron chi connectivity index (χ2n) is 8.15. The second-order valence-corrected chi connectivity index (χ2v) is 10.0. The van der Waals surface area contributed by atoms with Gasteiger partial charge in [-0.3, -0.25) is 9.10 Å². The maximum Gasteiger partial charge on any atom is 0.264 e. The molecule has 0 radical (unpaired) electrons. The average Bonchev–Trinajstić information content (AvgIpc) is 3.30. The Hall–Kier alpha value is -2.41. The largest absolute Gasteiger partial charge is 0.352 e. The Labute approximate surface area is 171 Å². The predicted molar refractivity (Wildman–Crippen MR) is 109 cm³/mol. The smallest absolute Gasteiger partial charge is 0.264 e. The van der Waals surface area contributed by atoms with Crippen LogP contribution in [0.2, 0.25) is 0 Å². The molecule has 29 heavy (non-hydrogen) atoms. The van der Waals surface area contributed by atoms with Gasteiger partial charge in [-0.1, -0.05) is 24.1 Å². The van der Waals surface area contributed by atoms with Gasteiger partial charge in [-0.25, -0.2) is 12.8 Å². The van der Waals surface area contributed by atoms with Crippen molar-refractivity contribution in [3.05, 3.63) is 59.9 Å². The highest BCUT2D eigenvalue weighted by molar-refractivity contribution is 7.92. The Bertz CT molecular complexity index is 990. The van der Waals surface area contributed by atoms with Crippen molar-refractivity contribution < 1.29 is 17.6 Å². The molecule has 2 saturated carbocycles. The minimum absolute atomic E-state index is 0.0489. The molecule has 2 aromatic rings. The molecule has 0 spiro atoms. The number of nitrogens with one attached hydrogen (secondary N) is 1. The maximum atomic E-state index is 13.3. The van der Waals surface area contributed by atoms with Crippen molar-refractivity contribution in [1.29, 1.82) is 0 Å². The van der Waals surface area contributed by atoms with Gasteiger partial charge in [-0.2, -0.15) is 0 Å². The lowest BCUT2D eigenvalue weighted by Crippen LogP contribution is -2.46. The van der Waals surface area contributed by atoms with Crippen LogP contribution in [0.1, 0.15) is 31.2 Å². The number of carbonyl (C=O) groups excluding carboxylic acids is 1. The molecule has 154 valence electrons. The molecule has 3 atom stereocenters. The molecule has 2 fully saturated rings. The molecule has 0 saturated heterocycles. The quantitative estimate of drug-likeness (QED) is 0.782. The number of hydrogen-bond donors (Lipinski definition) is 1. The van der Waals surface area contributed by atoms with E-state index >= 15 is 0 Å². The highest BCUT2D eigenvalue weighted by Crippen LogP contribution is 2.44. The fraction of sp³-hybridized carbons (Fsp3) is 0.409. The van der Waals surface area contributed by atoms with Gasteiger partial charge in [0.05, 0.1) is 10.6 Å². The fourth-order valence-electron chi connectivity index (χ4n) is 4.56. The maximum absolute atomic E-state index is 13.3. The minimum atomic E-state index is -4.02. The van der Waals surface area contributed by atoms with Gasteiger partial charge in [0.1, 0.15) is 12.4 Å². The van der Waals surface area contributed by atoms with Crippen LogP contribution in [0, 0.1) is 24.6 Å². The minimum Gasteiger partial charge on any atom is -0.352 e. The van der Waals surface area contributed by atoms with Crippen LogP contribution in [0.3, 0.4) is 0 Å². The topological polar surface area (TPSA) is 66.5 Å². The third-order valence-electron chi connectivity index (χ3n) is 6.10. The van der Waals surface area contributed by atoms with Gasteiger partial charge in [0.25, 0.3) is 10.0 Å². The summed E-state index contributed by atoms with van der Waals surface area (Å²) in [5.74, 6) is 0.362. The first-order valence-corrected chi connectivity index (χ1v) is 11.4. The molecule has 1 N–H and O–H groups in total. The highest BCUT2D eigenvalue weighted by Gasteiger charge is 2.40. The lowest BCUT2D eigenvalue weighted by atomic mass is 9.95. The van der Waals surface area contributed by atoms with Crippen molar-refractivity contribution in [2.75, 3.05) is 10.8 Å². The average molecular weight is 417 g/mol. The zero-order chi connectivity index (χ0) is 20.6. The lowest BCUT2D eigenvalue weighted by Gasteiger charge is -2.27. The number of halogens is 1. The van der Waals surface area contributed by atoms with Crippen molar-refractivity contribution >= 4 is 21.6 Å². The van der Waals surface area contributed by atoms with Crippen LogP contribution in [-0.4, -0.2) is 26.9 Å². The summed E-state index contributed by atoms with van der Waals surface area (Å²) in [5.41, 5.74) is 1.39. The number of aryl methyl sites for hydroxylation is 1. The molecule has 0 aliphatic heterocycles. The number of nitrogens with zero attached hydrogens (tertiary/aromatic N) is 1. The molecule has 0 heterocycles. The van der Waals surface area contributed by atoms with E-state index < -0.39 is 15.8 Å². The Morgan fingerprint density at radius 1 is 1.07 bits per heavy atom. The van der Waals surface area contributed by atoms with Crippen molar-refractivity contribution in [1.82, 2.24) is 5.32 Å². The van der Waals surface area contributed by atoms with E-state index in [1.807, 2.05) is 6.92 Å². The van der Waals surface area contributed by atoms with Crippen LogP contribution in [0.4, 0.5) is 10.1 Å². The first-order chi connectivity index (χ1) is 13.8. The molecular formula is C22H25FN2O3S. The molecular weight excluding hydrogens is 391 g/mol. The molecule has 0 aromatic heterocycles. The number of fused-ring (bicyclic) bond motifs is 2. The monoisotopic (exact) mass is 416 g/mol. The molecule has 5 nitrogen and oxygen atoms in total. The van der Waals surface area contributed by atoms with E-state index in [-0.39, 0.29) is 23.4 Å². The molecule has 2 aromatic carbocycles. The Morgan fingerprint density at radius 2 is 1.76 bits per heavy atom. The van der Waals surface area contributed by atoms with E-state index in [4.69, 9.17) is 0 Å². The predicted octanol–water partition coefficient (Wildman–Crippen LogP) is 3.63.